The summed E-state index contributed by atoms with van der Waals surface area (Å²) in [6.45, 7) is 6.69. The van der Waals surface area contributed by atoms with E-state index >= 15 is 0 Å². The lowest BCUT2D eigenvalue weighted by molar-refractivity contribution is -0.0228. The molecular formula is C15H22ClN3O2. The summed E-state index contributed by atoms with van der Waals surface area (Å²) in [6.07, 6.45) is 1.99. The third-order valence-corrected chi connectivity index (χ3v) is 3.79. The van der Waals surface area contributed by atoms with Gasteiger partial charge in [-0.2, -0.15) is 0 Å². The Labute approximate surface area is 130 Å². The summed E-state index contributed by atoms with van der Waals surface area (Å²) in [5.74, 6) is 0.562. The van der Waals surface area contributed by atoms with E-state index in [1.807, 2.05) is 0 Å². The number of morpholine rings is 1. The highest BCUT2D eigenvalue weighted by Crippen LogP contribution is 2.20. The van der Waals surface area contributed by atoms with E-state index in [4.69, 9.17) is 16.3 Å². The molecule has 1 aromatic rings. The fraction of sp³-hybridized carbons (Fsp3) is 0.600. The number of carbonyl (C=O) groups excluding carboxylic acids is 1. The van der Waals surface area contributed by atoms with E-state index in [1.54, 1.807) is 17.0 Å². The average Bonchev–Trinajstić information content (AvgIpc) is 2.53. The monoisotopic (exact) mass is 311 g/mol. The second-order valence-electron chi connectivity index (χ2n) is 5.11. The van der Waals surface area contributed by atoms with E-state index in [0.717, 1.165) is 19.4 Å². The topological polar surface area (TPSA) is 54.5 Å². The Morgan fingerprint density at radius 2 is 2.33 bits per heavy atom. The number of pyridine rings is 1. The third-order valence-electron chi connectivity index (χ3n) is 3.49. The molecule has 0 spiro atoms. The molecule has 0 bridgehead atoms. The largest absolute Gasteiger partial charge is 0.375 e. The molecule has 1 amide bonds. The molecule has 1 aliphatic heterocycles. The number of aromatic nitrogens is 1. The van der Waals surface area contributed by atoms with Crippen molar-refractivity contribution >= 4 is 23.3 Å². The third kappa shape index (κ3) is 4.08. The highest BCUT2D eigenvalue weighted by atomic mass is 35.5. The molecule has 1 saturated heterocycles. The maximum absolute atomic E-state index is 12.6. The lowest BCUT2D eigenvalue weighted by Gasteiger charge is -2.32. The van der Waals surface area contributed by atoms with Crippen LogP contribution in [0.15, 0.2) is 12.1 Å². The van der Waals surface area contributed by atoms with Gasteiger partial charge in [-0.25, -0.2) is 4.98 Å². The molecule has 1 N–H and O–H groups in total. The number of nitrogens with one attached hydrogen (secondary N) is 1. The molecule has 0 radical (unpaired) electrons. The lowest BCUT2D eigenvalue weighted by Crippen LogP contribution is -2.45. The van der Waals surface area contributed by atoms with Gasteiger partial charge in [0.15, 0.2) is 0 Å². The SMILES string of the molecule is CCCNc1ccc(Cl)c(C(=O)N2CCOC(CC)C2)n1. The summed E-state index contributed by atoms with van der Waals surface area (Å²) in [5, 5.41) is 3.56. The van der Waals surface area contributed by atoms with Gasteiger partial charge in [-0.15, -0.1) is 0 Å². The van der Waals surface area contributed by atoms with Gasteiger partial charge in [0.1, 0.15) is 11.5 Å². The molecule has 6 heteroatoms. The van der Waals surface area contributed by atoms with E-state index in [0.29, 0.717) is 36.2 Å². The quantitative estimate of drug-likeness (QED) is 0.908. The Morgan fingerprint density at radius 1 is 1.52 bits per heavy atom. The van der Waals surface area contributed by atoms with Crippen LogP contribution < -0.4 is 5.32 Å². The van der Waals surface area contributed by atoms with Crippen LogP contribution in [0.5, 0.6) is 0 Å². The van der Waals surface area contributed by atoms with Gasteiger partial charge in [0, 0.05) is 19.6 Å². The van der Waals surface area contributed by atoms with E-state index in [2.05, 4.69) is 24.1 Å². The summed E-state index contributed by atoms with van der Waals surface area (Å²) in [5.41, 5.74) is 0.314. The number of ether oxygens (including phenoxy) is 1. The van der Waals surface area contributed by atoms with Crippen LogP contribution in [0.4, 0.5) is 5.82 Å². The van der Waals surface area contributed by atoms with Crippen LogP contribution in [0.2, 0.25) is 5.02 Å². The first-order valence-corrected chi connectivity index (χ1v) is 7.84. The first kappa shape index (κ1) is 16.0. The summed E-state index contributed by atoms with van der Waals surface area (Å²) in [7, 11) is 0. The van der Waals surface area contributed by atoms with Gasteiger partial charge in [-0.3, -0.25) is 4.79 Å². The van der Waals surface area contributed by atoms with Gasteiger partial charge < -0.3 is 15.0 Å². The van der Waals surface area contributed by atoms with Crippen molar-refractivity contribution in [2.45, 2.75) is 32.8 Å². The van der Waals surface area contributed by atoms with Crippen LogP contribution >= 0.6 is 11.6 Å². The van der Waals surface area contributed by atoms with E-state index in [1.165, 1.54) is 0 Å². The van der Waals surface area contributed by atoms with Crippen molar-refractivity contribution in [3.8, 4) is 0 Å². The number of anilines is 1. The van der Waals surface area contributed by atoms with Crippen molar-refractivity contribution in [1.82, 2.24) is 9.88 Å². The van der Waals surface area contributed by atoms with Crippen molar-refractivity contribution in [2.24, 2.45) is 0 Å². The van der Waals surface area contributed by atoms with Gasteiger partial charge >= 0.3 is 0 Å². The highest BCUT2D eigenvalue weighted by molar-refractivity contribution is 6.33. The number of amides is 1. The molecular weight excluding hydrogens is 290 g/mol. The average molecular weight is 312 g/mol. The van der Waals surface area contributed by atoms with Gasteiger partial charge in [-0.1, -0.05) is 25.4 Å². The molecule has 21 heavy (non-hydrogen) atoms. The minimum atomic E-state index is -0.123. The molecule has 0 aromatic carbocycles. The highest BCUT2D eigenvalue weighted by Gasteiger charge is 2.26. The number of hydrogen-bond acceptors (Lipinski definition) is 4. The maximum atomic E-state index is 12.6. The molecule has 2 heterocycles. The summed E-state index contributed by atoms with van der Waals surface area (Å²) in [4.78, 5) is 18.7. The summed E-state index contributed by atoms with van der Waals surface area (Å²) >= 11 is 6.15. The van der Waals surface area contributed by atoms with Gasteiger partial charge in [-0.05, 0) is 25.0 Å². The van der Waals surface area contributed by atoms with Crippen LogP contribution in [-0.4, -0.2) is 48.1 Å². The molecule has 1 atom stereocenters. The predicted octanol–water partition coefficient (Wildman–Crippen LogP) is 2.81. The van der Waals surface area contributed by atoms with Gasteiger partial charge in [0.05, 0.1) is 17.7 Å². The molecule has 1 aromatic heterocycles. The molecule has 116 valence electrons. The molecule has 1 unspecified atom stereocenters. The Kier molecular flexibility index (Phi) is 5.82. The predicted molar refractivity (Wildman–Crippen MR) is 84.0 cm³/mol. The van der Waals surface area contributed by atoms with Crippen molar-refractivity contribution in [1.29, 1.82) is 0 Å². The fourth-order valence-electron chi connectivity index (χ4n) is 2.24. The smallest absolute Gasteiger partial charge is 0.274 e. The van der Waals surface area contributed by atoms with E-state index < -0.39 is 0 Å². The van der Waals surface area contributed by atoms with Crippen LogP contribution in [0.1, 0.15) is 37.2 Å². The Morgan fingerprint density at radius 3 is 3.05 bits per heavy atom. The molecule has 1 fully saturated rings. The molecule has 2 rings (SSSR count). The zero-order valence-corrected chi connectivity index (χ0v) is 13.3. The minimum absolute atomic E-state index is 0.0999. The standard InChI is InChI=1S/C15H22ClN3O2/c1-3-7-17-13-6-5-12(16)14(18-13)15(20)19-8-9-21-11(4-2)10-19/h5-6,11H,3-4,7-10H2,1-2H3,(H,17,18). The van der Waals surface area contributed by atoms with Crippen molar-refractivity contribution in [3.63, 3.8) is 0 Å². The fourth-order valence-corrected chi connectivity index (χ4v) is 2.43. The molecule has 1 aliphatic rings. The van der Waals surface area contributed by atoms with E-state index in [9.17, 15) is 4.79 Å². The van der Waals surface area contributed by atoms with Crippen molar-refractivity contribution in [2.75, 3.05) is 31.6 Å². The Bertz CT molecular complexity index is 496. The van der Waals surface area contributed by atoms with E-state index in [-0.39, 0.29) is 12.0 Å². The van der Waals surface area contributed by atoms with Crippen LogP contribution in [0, 0.1) is 0 Å². The maximum Gasteiger partial charge on any atom is 0.274 e. The Balaban J connectivity index is 2.13. The first-order valence-electron chi connectivity index (χ1n) is 7.47. The lowest BCUT2D eigenvalue weighted by atomic mass is 10.2. The second-order valence-corrected chi connectivity index (χ2v) is 5.51. The zero-order chi connectivity index (χ0) is 15.2. The number of hydrogen-bond donors (Lipinski definition) is 1. The molecule has 0 saturated carbocycles. The Hall–Kier alpha value is -1.33. The van der Waals surface area contributed by atoms with Crippen molar-refractivity contribution < 1.29 is 9.53 Å². The number of carbonyl (C=O) groups is 1. The number of halogens is 1. The van der Waals surface area contributed by atoms with Crippen LogP contribution in [0.3, 0.4) is 0 Å². The van der Waals surface area contributed by atoms with Crippen LogP contribution in [-0.2, 0) is 4.74 Å². The number of rotatable bonds is 5. The van der Waals surface area contributed by atoms with Gasteiger partial charge in [0.2, 0.25) is 0 Å². The van der Waals surface area contributed by atoms with Crippen molar-refractivity contribution in [3.05, 3.63) is 22.8 Å². The van der Waals surface area contributed by atoms with Gasteiger partial charge in [0.25, 0.3) is 5.91 Å². The second kappa shape index (κ2) is 7.61. The summed E-state index contributed by atoms with van der Waals surface area (Å²) < 4.78 is 5.59. The molecule has 5 nitrogen and oxygen atoms in total. The number of nitrogens with zero attached hydrogens (tertiary/aromatic N) is 2. The first-order chi connectivity index (χ1) is 10.2. The zero-order valence-electron chi connectivity index (χ0n) is 12.6. The van der Waals surface area contributed by atoms with Crippen LogP contribution in [0.25, 0.3) is 0 Å². The minimum Gasteiger partial charge on any atom is -0.375 e. The normalized spacial score (nSPS) is 18.6. The summed E-state index contributed by atoms with van der Waals surface area (Å²) in [6, 6.07) is 3.51. The molecule has 0 aliphatic carbocycles.